The number of rotatable bonds is 3. The number of thiocarbonyl (C=S) groups is 1. The molecular formula is C9H14N4S. The summed E-state index contributed by atoms with van der Waals surface area (Å²) in [6.07, 6.45) is 0.775. The second-order valence-electron chi connectivity index (χ2n) is 3.14. The molecule has 76 valence electrons. The molecule has 1 aromatic heterocycles. The Morgan fingerprint density at radius 2 is 2.14 bits per heavy atom. The second kappa shape index (κ2) is 4.32. The molecule has 0 radical (unpaired) electrons. The van der Waals surface area contributed by atoms with Gasteiger partial charge >= 0.3 is 0 Å². The maximum absolute atomic E-state index is 5.53. The Kier molecular flexibility index (Phi) is 3.35. The van der Waals surface area contributed by atoms with Gasteiger partial charge in [0.2, 0.25) is 0 Å². The van der Waals surface area contributed by atoms with Crippen LogP contribution in [0, 0.1) is 0 Å². The van der Waals surface area contributed by atoms with Crippen LogP contribution in [0.5, 0.6) is 0 Å². The molecule has 0 bridgehead atoms. The van der Waals surface area contributed by atoms with Gasteiger partial charge in [-0.1, -0.05) is 19.1 Å². The molecule has 0 saturated carbocycles. The molecule has 0 atom stereocenters. The fourth-order valence-corrected chi connectivity index (χ4v) is 1.10. The Morgan fingerprint density at radius 3 is 2.57 bits per heavy atom. The van der Waals surface area contributed by atoms with Gasteiger partial charge in [0.15, 0.2) is 0 Å². The van der Waals surface area contributed by atoms with Crippen LogP contribution in [0.4, 0.5) is 5.82 Å². The van der Waals surface area contributed by atoms with Crippen molar-refractivity contribution in [3.05, 3.63) is 17.6 Å². The average Bonchev–Trinajstić information content (AvgIpc) is 2.16. The summed E-state index contributed by atoms with van der Waals surface area (Å²) in [6.45, 7) is 2.00. The lowest BCUT2D eigenvalue weighted by atomic mass is 10.3. The summed E-state index contributed by atoms with van der Waals surface area (Å²) in [7, 11) is 3.84. The molecule has 0 aliphatic rings. The van der Waals surface area contributed by atoms with Crippen molar-refractivity contribution in [2.24, 2.45) is 5.73 Å². The van der Waals surface area contributed by atoms with Crippen LogP contribution in [0.25, 0.3) is 0 Å². The van der Waals surface area contributed by atoms with Crippen LogP contribution in [0.1, 0.15) is 18.4 Å². The Hall–Kier alpha value is -1.23. The Morgan fingerprint density at radius 1 is 1.50 bits per heavy atom. The minimum absolute atomic E-state index is 0.310. The SMILES string of the molecule is CCc1nc(C(N)=S)cc(N(C)C)n1. The monoisotopic (exact) mass is 210 g/mol. The van der Waals surface area contributed by atoms with Crippen molar-refractivity contribution in [2.75, 3.05) is 19.0 Å². The highest BCUT2D eigenvalue weighted by Crippen LogP contribution is 2.10. The van der Waals surface area contributed by atoms with Crippen LogP contribution < -0.4 is 10.6 Å². The molecule has 0 unspecified atom stereocenters. The topological polar surface area (TPSA) is 55.0 Å². The summed E-state index contributed by atoms with van der Waals surface area (Å²) in [6, 6.07) is 1.79. The van der Waals surface area contributed by atoms with Gasteiger partial charge in [0.1, 0.15) is 22.3 Å². The zero-order valence-corrected chi connectivity index (χ0v) is 9.43. The summed E-state index contributed by atoms with van der Waals surface area (Å²) >= 11 is 4.88. The molecule has 0 saturated heterocycles. The molecule has 2 N–H and O–H groups in total. The summed E-state index contributed by atoms with van der Waals surface area (Å²) in [5.41, 5.74) is 6.16. The largest absolute Gasteiger partial charge is 0.388 e. The van der Waals surface area contributed by atoms with Gasteiger partial charge in [-0.3, -0.25) is 0 Å². The molecule has 1 aromatic rings. The molecule has 5 heteroatoms. The zero-order valence-electron chi connectivity index (χ0n) is 8.61. The van der Waals surface area contributed by atoms with Gasteiger partial charge in [-0.2, -0.15) is 0 Å². The minimum atomic E-state index is 0.310. The fourth-order valence-electron chi connectivity index (χ4n) is 0.997. The summed E-state index contributed by atoms with van der Waals surface area (Å²) in [4.78, 5) is 10.8. The minimum Gasteiger partial charge on any atom is -0.388 e. The zero-order chi connectivity index (χ0) is 10.7. The van der Waals surface area contributed by atoms with E-state index in [0.29, 0.717) is 10.7 Å². The molecule has 0 amide bonds. The van der Waals surface area contributed by atoms with Gasteiger partial charge in [0.25, 0.3) is 0 Å². The third kappa shape index (κ3) is 2.38. The van der Waals surface area contributed by atoms with Gasteiger partial charge in [0.05, 0.1) is 0 Å². The molecule has 0 aliphatic carbocycles. The second-order valence-corrected chi connectivity index (χ2v) is 3.58. The molecule has 0 spiro atoms. The third-order valence-electron chi connectivity index (χ3n) is 1.79. The number of nitrogens with zero attached hydrogens (tertiary/aromatic N) is 3. The lowest BCUT2D eigenvalue weighted by Crippen LogP contribution is -2.17. The number of nitrogens with two attached hydrogens (primary N) is 1. The summed E-state index contributed by atoms with van der Waals surface area (Å²) in [5.74, 6) is 1.60. The molecule has 0 fully saturated rings. The standard InChI is InChI=1S/C9H14N4S/c1-4-7-11-6(9(10)14)5-8(12-7)13(2)3/h5H,4H2,1-3H3,(H2,10,14). The maximum atomic E-state index is 5.53. The van der Waals surface area contributed by atoms with E-state index in [1.54, 1.807) is 6.07 Å². The van der Waals surface area contributed by atoms with E-state index in [4.69, 9.17) is 18.0 Å². The third-order valence-corrected chi connectivity index (χ3v) is 1.99. The fraction of sp³-hybridized carbons (Fsp3) is 0.444. The van der Waals surface area contributed by atoms with Crippen LogP contribution in [0.2, 0.25) is 0 Å². The van der Waals surface area contributed by atoms with Crippen molar-refractivity contribution >= 4 is 23.0 Å². The van der Waals surface area contributed by atoms with Gasteiger partial charge in [-0.05, 0) is 0 Å². The molecular weight excluding hydrogens is 196 g/mol. The van der Waals surface area contributed by atoms with Gasteiger partial charge in [-0.15, -0.1) is 0 Å². The lowest BCUT2D eigenvalue weighted by Gasteiger charge is -2.13. The Labute approximate surface area is 89.2 Å². The van der Waals surface area contributed by atoms with Crippen molar-refractivity contribution in [3.8, 4) is 0 Å². The van der Waals surface area contributed by atoms with Crippen LogP contribution in [0.3, 0.4) is 0 Å². The summed E-state index contributed by atoms with van der Waals surface area (Å²) in [5, 5.41) is 0. The quantitative estimate of drug-likeness (QED) is 0.746. The van der Waals surface area contributed by atoms with E-state index in [1.165, 1.54) is 0 Å². The van der Waals surface area contributed by atoms with Gasteiger partial charge in [-0.25, -0.2) is 9.97 Å². The van der Waals surface area contributed by atoms with Crippen molar-refractivity contribution in [1.29, 1.82) is 0 Å². The molecule has 0 aliphatic heterocycles. The summed E-state index contributed by atoms with van der Waals surface area (Å²) < 4.78 is 0. The predicted molar refractivity (Wildman–Crippen MR) is 61.6 cm³/mol. The number of hydrogen-bond donors (Lipinski definition) is 1. The van der Waals surface area contributed by atoms with Crippen LogP contribution >= 0.6 is 12.2 Å². The van der Waals surface area contributed by atoms with Crippen molar-refractivity contribution in [2.45, 2.75) is 13.3 Å². The maximum Gasteiger partial charge on any atom is 0.132 e. The smallest absolute Gasteiger partial charge is 0.132 e. The van der Waals surface area contributed by atoms with Gasteiger partial charge in [0, 0.05) is 26.6 Å². The van der Waals surface area contributed by atoms with E-state index >= 15 is 0 Å². The van der Waals surface area contributed by atoms with E-state index < -0.39 is 0 Å². The van der Waals surface area contributed by atoms with Crippen LogP contribution in [-0.4, -0.2) is 29.1 Å². The van der Waals surface area contributed by atoms with E-state index in [2.05, 4.69) is 9.97 Å². The van der Waals surface area contributed by atoms with Crippen molar-refractivity contribution in [3.63, 3.8) is 0 Å². The highest BCUT2D eigenvalue weighted by molar-refractivity contribution is 7.80. The molecule has 14 heavy (non-hydrogen) atoms. The number of hydrogen-bond acceptors (Lipinski definition) is 4. The molecule has 1 heterocycles. The van der Waals surface area contributed by atoms with E-state index in [1.807, 2.05) is 25.9 Å². The molecule has 0 aromatic carbocycles. The average molecular weight is 210 g/mol. The van der Waals surface area contributed by atoms with Crippen LogP contribution in [0.15, 0.2) is 6.07 Å². The van der Waals surface area contributed by atoms with Gasteiger partial charge < -0.3 is 10.6 Å². The highest BCUT2D eigenvalue weighted by Gasteiger charge is 2.06. The highest BCUT2D eigenvalue weighted by atomic mass is 32.1. The Balaban J connectivity index is 3.20. The van der Waals surface area contributed by atoms with E-state index in [-0.39, 0.29) is 0 Å². The lowest BCUT2D eigenvalue weighted by molar-refractivity contribution is 0.911. The number of aryl methyl sites for hydroxylation is 1. The van der Waals surface area contributed by atoms with Crippen molar-refractivity contribution < 1.29 is 0 Å². The van der Waals surface area contributed by atoms with E-state index in [9.17, 15) is 0 Å². The number of aromatic nitrogens is 2. The van der Waals surface area contributed by atoms with Crippen molar-refractivity contribution in [1.82, 2.24) is 9.97 Å². The first kappa shape index (κ1) is 10.8. The Bertz CT molecular complexity index is 349. The predicted octanol–water partition coefficient (Wildman–Crippen LogP) is 0.739. The first-order chi connectivity index (χ1) is 6.54. The normalized spacial score (nSPS) is 9.93. The first-order valence-electron chi connectivity index (χ1n) is 4.39. The van der Waals surface area contributed by atoms with Crippen LogP contribution in [-0.2, 0) is 6.42 Å². The first-order valence-corrected chi connectivity index (χ1v) is 4.80. The van der Waals surface area contributed by atoms with E-state index in [0.717, 1.165) is 18.1 Å². The molecule has 4 nitrogen and oxygen atoms in total. The number of anilines is 1. The molecule has 1 rings (SSSR count).